The van der Waals surface area contributed by atoms with E-state index in [2.05, 4.69) is 22.8 Å². The zero-order valence-corrected chi connectivity index (χ0v) is 13.7. The molecule has 1 heterocycles. The number of rotatable bonds is 4. The quantitative estimate of drug-likeness (QED) is 0.707. The summed E-state index contributed by atoms with van der Waals surface area (Å²) in [5.74, 6) is -0.0433. The summed E-state index contributed by atoms with van der Waals surface area (Å²) in [7, 11) is 0. The molecular formula is C19H18N2OS. The van der Waals surface area contributed by atoms with Gasteiger partial charge in [0.2, 0.25) is 0 Å². The fourth-order valence-corrected chi connectivity index (χ4v) is 3.67. The largest absolute Gasteiger partial charge is 0.380 e. The van der Waals surface area contributed by atoms with Crippen LogP contribution in [0.25, 0.3) is 10.1 Å². The molecule has 3 aromatic rings. The zero-order chi connectivity index (χ0) is 15.8. The van der Waals surface area contributed by atoms with Crippen LogP contribution in [0.5, 0.6) is 0 Å². The van der Waals surface area contributed by atoms with Crippen LogP contribution in [-0.4, -0.2) is 11.9 Å². The van der Waals surface area contributed by atoms with Gasteiger partial charge < -0.3 is 10.6 Å². The molecule has 1 aromatic heterocycles. The van der Waals surface area contributed by atoms with Gasteiger partial charge in [-0.3, -0.25) is 4.79 Å². The van der Waals surface area contributed by atoms with Gasteiger partial charge in [0.25, 0.3) is 5.91 Å². The second-order valence-electron chi connectivity index (χ2n) is 6.04. The molecule has 0 radical (unpaired) electrons. The molecule has 1 amide bonds. The van der Waals surface area contributed by atoms with Crippen molar-refractivity contribution in [2.75, 3.05) is 10.6 Å². The van der Waals surface area contributed by atoms with Crippen molar-refractivity contribution in [3.8, 4) is 0 Å². The Morgan fingerprint density at radius 1 is 1.09 bits per heavy atom. The van der Waals surface area contributed by atoms with E-state index in [1.807, 2.05) is 43.3 Å². The number of nitrogens with one attached hydrogen (secondary N) is 2. The minimum absolute atomic E-state index is 0.0433. The van der Waals surface area contributed by atoms with E-state index in [1.165, 1.54) is 18.4 Å². The summed E-state index contributed by atoms with van der Waals surface area (Å²) in [6, 6.07) is 16.6. The second-order valence-corrected chi connectivity index (χ2v) is 7.09. The van der Waals surface area contributed by atoms with Gasteiger partial charge in [0.15, 0.2) is 0 Å². The second kappa shape index (κ2) is 5.70. The standard InChI is InChI=1S/C19H18N2OS/c1-12-6-8-14(9-7-12)21-19(22)18-17(20-13-10-11-13)15-4-2-3-5-16(15)23-18/h2-9,13,20H,10-11H2,1H3,(H,21,22). The topological polar surface area (TPSA) is 41.1 Å². The van der Waals surface area contributed by atoms with Crippen molar-refractivity contribution >= 4 is 38.7 Å². The number of amides is 1. The van der Waals surface area contributed by atoms with Crippen LogP contribution in [0.3, 0.4) is 0 Å². The highest BCUT2D eigenvalue weighted by molar-refractivity contribution is 7.21. The van der Waals surface area contributed by atoms with E-state index in [0.717, 1.165) is 26.3 Å². The van der Waals surface area contributed by atoms with Gasteiger partial charge >= 0.3 is 0 Å². The molecular weight excluding hydrogens is 304 g/mol. The number of carbonyl (C=O) groups is 1. The molecule has 0 bridgehead atoms. The van der Waals surface area contributed by atoms with E-state index in [9.17, 15) is 4.79 Å². The van der Waals surface area contributed by atoms with Crippen molar-refractivity contribution in [1.29, 1.82) is 0 Å². The van der Waals surface area contributed by atoms with E-state index in [1.54, 1.807) is 11.3 Å². The number of carbonyl (C=O) groups excluding carboxylic acids is 1. The van der Waals surface area contributed by atoms with E-state index < -0.39 is 0 Å². The summed E-state index contributed by atoms with van der Waals surface area (Å²) < 4.78 is 1.14. The molecule has 0 spiro atoms. The number of hydrogen-bond donors (Lipinski definition) is 2. The Morgan fingerprint density at radius 2 is 1.83 bits per heavy atom. The fourth-order valence-electron chi connectivity index (χ4n) is 2.61. The van der Waals surface area contributed by atoms with Crippen molar-refractivity contribution in [3.05, 3.63) is 59.0 Å². The van der Waals surface area contributed by atoms with Crippen molar-refractivity contribution < 1.29 is 4.79 Å². The maximum absolute atomic E-state index is 12.8. The molecule has 1 aliphatic rings. The first-order chi connectivity index (χ1) is 11.2. The van der Waals surface area contributed by atoms with Crippen LogP contribution in [0, 0.1) is 6.92 Å². The fraction of sp³-hybridized carbons (Fsp3) is 0.211. The molecule has 0 saturated heterocycles. The summed E-state index contributed by atoms with van der Waals surface area (Å²) in [6.45, 7) is 2.04. The van der Waals surface area contributed by atoms with Crippen LogP contribution >= 0.6 is 11.3 Å². The number of benzene rings is 2. The first-order valence-electron chi connectivity index (χ1n) is 7.87. The predicted molar refractivity (Wildman–Crippen MR) is 97.6 cm³/mol. The van der Waals surface area contributed by atoms with Gasteiger partial charge in [-0.05, 0) is 38.0 Å². The van der Waals surface area contributed by atoms with Crippen molar-refractivity contribution in [3.63, 3.8) is 0 Å². The highest BCUT2D eigenvalue weighted by atomic mass is 32.1. The average molecular weight is 322 g/mol. The lowest BCUT2D eigenvalue weighted by atomic mass is 10.2. The SMILES string of the molecule is Cc1ccc(NC(=O)c2sc3ccccc3c2NC2CC2)cc1. The van der Waals surface area contributed by atoms with E-state index >= 15 is 0 Å². The van der Waals surface area contributed by atoms with E-state index in [-0.39, 0.29) is 5.91 Å². The first-order valence-corrected chi connectivity index (χ1v) is 8.68. The highest BCUT2D eigenvalue weighted by Crippen LogP contribution is 2.39. The lowest BCUT2D eigenvalue weighted by Crippen LogP contribution is -2.13. The summed E-state index contributed by atoms with van der Waals surface area (Å²) in [5, 5.41) is 7.68. The Balaban J connectivity index is 1.68. The molecule has 23 heavy (non-hydrogen) atoms. The van der Waals surface area contributed by atoms with Crippen molar-refractivity contribution in [2.45, 2.75) is 25.8 Å². The van der Waals surface area contributed by atoms with Crippen LogP contribution in [0.15, 0.2) is 48.5 Å². The molecule has 0 aliphatic heterocycles. The van der Waals surface area contributed by atoms with Gasteiger partial charge in [-0.2, -0.15) is 0 Å². The van der Waals surface area contributed by atoms with Crippen molar-refractivity contribution in [1.82, 2.24) is 0 Å². The first kappa shape index (κ1) is 14.3. The molecule has 116 valence electrons. The molecule has 1 saturated carbocycles. The van der Waals surface area contributed by atoms with Gasteiger partial charge in [-0.25, -0.2) is 0 Å². The van der Waals surface area contributed by atoms with Gasteiger partial charge in [0, 0.05) is 21.8 Å². The average Bonchev–Trinajstić information content (AvgIpc) is 3.30. The third-order valence-electron chi connectivity index (χ3n) is 4.04. The molecule has 1 fully saturated rings. The Bertz CT molecular complexity index is 863. The summed E-state index contributed by atoms with van der Waals surface area (Å²) in [5.41, 5.74) is 2.99. The Morgan fingerprint density at radius 3 is 2.57 bits per heavy atom. The molecule has 1 aliphatic carbocycles. The number of fused-ring (bicyclic) bond motifs is 1. The highest BCUT2D eigenvalue weighted by Gasteiger charge is 2.26. The molecule has 0 atom stereocenters. The minimum atomic E-state index is -0.0433. The number of aryl methyl sites for hydroxylation is 1. The van der Waals surface area contributed by atoms with Gasteiger partial charge in [-0.15, -0.1) is 11.3 Å². The summed E-state index contributed by atoms with van der Waals surface area (Å²) >= 11 is 1.55. The monoisotopic (exact) mass is 322 g/mol. The van der Waals surface area contributed by atoms with E-state index in [0.29, 0.717) is 6.04 Å². The molecule has 0 unspecified atom stereocenters. The third kappa shape index (κ3) is 2.94. The normalized spacial score (nSPS) is 14.0. The number of thiophene rings is 1. The number of anilines is 2. The molecule has 2 aromatic carbocycles. The zero-order valence-electron chi connectivity index (χ0n) is 12.9. The molecule has 4 heteroatoms. The Labute approximate surface area is 139 Å². The van der Waals surface area contributed by atoms with Gasteiger partial charge in [-0.1, -0.05) is 35.9 Å². The third-order valence-corrected chi connectivity index (χ3v) is 5.21. The van der Waals surface area contributed by atoms with Gasteiger partial charge in [0.1, 0.15) is 4.88 Å². The van der Waals surface area contributed by atoms with Crippen LogP contribution in [0.1, 0.15) is 28.1 Å². The maximum Gasteiger partial charge on any atom is 0.267 e. The lowest BCUT2D eigenvalue weighted by molar-refractivity contribution is 0.103. The van der Waals surface area contributed by atoms with Crippen molar-refractivity contribution in [2.24, 2.45) is 0 Å². The number of hydrogen-bond acceptors (Lipinski definition) is 3. The lowest BCUT2D eigenvalue weighted by Gasteiger charge is -2.08. The molecule has 2 N–H and O–H groups in total. The van der Waals surface area contributed by atoms with Crippen LogP contribution in [0.2, 0.25) is 0 Å². The Kier molecular flexibility index (Phi) is 3.54. The summed E-state index contributed by atoms with van der Waals surface area (Å²) in [4.78, 5) is 13.5. The predicted octanol–water partition coefficient (Wildman–Crippen LogP) is 5.04. The molecule has 3 nitrogen and oxygen atoms in total. The maximum atomic E-state index is 12.8. The van der Waals surface area contributed by atoms with Crippen LogP contribution < -0.4 is 10.6 Å². The molecule has 4 rings (SSSR count). The summed E-state index contributed by atoms with van der Waals surface area (Å²) in [6.07, 6.45) is 2.37. The van der Waals surface area contributed by atoms with E-state index in [4.69, 9.17) is 0 Å². The smallest absolute Gasteiger partial charge is 0.267 e. The van der Waals surface area contributed by atoms with Crippen LogP contribution in [-0.2, 0) is 0 Å². The Hall–Kier alpha value is -2.33. The minimum Gasteiger partial charge on any atom is -0.380 e. The van der Waals surface area contributed by atoms with Crippen LogP contribution in [0.4, 0.5) is 11.4 Å². The van der Waals surface area contributed by atoms with Gasteiger partial charge in [0.05, 0.1) is 5.69 Å².